The molecule has 0 saturated carbocycles. The third kappa shape index (κ3) is 5.66. The largest absolute Gasteiger partial charge is 0.324 e. The fourth-order valence-electron chi connectivity index (χ4n) is 1.81. The van der Waals surface area contributed by atoms with Gasteiger partial charge in [0.1, 0.15) is 0 Å². The fourth-order valence-corrected chi connectivity index (χ4v) is 1.81. The number of allylic oxidation sites excluding steroid dienone is 3. The van der Waals surface area contributed by atoms with Crippen molar-refractivity contribution >= 4 is 0 Å². The molecular formula is C15H24N2. The van der Waals surface area contributed by atoms with Crippen LogP contribution in [0.5, 0.6) is 0 Å². The molecule has 17 heavy (non-hydrogen) atoms. The minimum atomic E-state index is 0.152. The van der Waals surface area contributed by atoms with Crippen molar-refractivity contribution in [2.24, 2.45) is 5.73 Å². The van der Waals surface area contributed by atoms with E-state index in [9.17, 15) is 0 Å². The molecule has 0 radical (unpaired) electrons. The molecule has 0 heterocycles. The van der Waals surface area contributed by atoms with Crippen LogP contribution in [0.2, 0.25) is 0 Å². The van der Waals surface area contributed by atoms with Gasteiger partial charge in [-0.1, -0.05) is 37.3 Å². The molecule has 0 bridgehead atoms. The zero-order chi connectivity index (χ0) is 12.5. The number of hydrogen-bond donors (Lipinski definition) is 2. The molecule has 1 aliphatic carbocycles. The number of nitrogens with two attached hydrogens (primary N) is 1. The van der Waals surface area contributed by atoms with Crippen LogP contribution in [0, 0.1) is 0 Å². The third-order valence-electron chi connectivity index (χ3n) is 3.01. The minimum Gasteiger partial charge on any atom is -0.324 e. The molecule has 0 fully saturated rings. The van der Waals surface area contributed by atoms with E-state index in [2.05, 4.69) is 36.7 Å². The number of nitrogens with one attached hydrogen (secondary N) is 1. The number of unbranched alkanes of at least 4 members (excludes halogenated alkanes) is 1. The van der Waals surface area contributed by atoms with Gasteiger partial charge in [-0.3, -0.25) is 0 Å². The SMILES string of the molecule is C=CC(N)CCCCNCC(=C)C1=CC=CC1. The Bertz CT molecular complexity index is 313. The zero-order valence-electron chi connectivity index (χ0n) is 10.6. The second-order valence-electron chi connectivity index (χ2n) is 4.50. The van der Waals surface area contributed by atoms with Crippen LogP contribution < -0.4 is 11.1 Å². The highest BCUT2D eigenvalue weighted by Crippen LogP contribution is 2.17. The van der Waals surface area contributed by atoms with E-state index in [4.69, 9.17) is 5.73 Å². The van der Waals surface area contributed by atoms with Crippen LogP contribution >= 0.6 is 0 Å². The Kier molecular flexibility index (Phi) is 6.60. The minimum absolute atomic E-state index is 0.152. The van der Waals surface area contributed by atoms with Gasteiger partial charge in [-0.25, -0.2) is 0 Å². The normalized spacial score (nSPS) is 15.7. The first-order valence-electron chi connectivity index (χ1n) is 6.36. The Morgan fingerprint density at radius 1 is 1.53 bits per heavy atom. The Morgan fingerprint density at radius 3 is 3.00 bits per heavy atom. The molecule has 0 aromatic carbocycles. The molecule has 94 valence electrons. The Balaban J connectivity index is 1.97. The van der Waals surface area contributed by atoms with E-state index >= 15 is 0 Å². The first-order chi connectivity index (χ1) is 8.24. The second-order valence-corrected chi connectivity index (χ2v) is 4.50. The van der Waals surface area contributed by atoms with Crippen molar-refractivity contribution in [2.75, 3.05) is 13.1 Å². The molecule has 2 nitrogen and oxygen atoms in total. The maximum Gasteiger partial charge on any atom is 0.0221 e. The fraction of sp³-hybridized carbons (Fsp3) is 0.467. The van der Waals surface area contributed by atoms with Gasteiger partial charge in [0.15, 0.2) is 0 Å². The molecule has 1 rings (SSSR count). The van der Waals surface area contributed by atoms with Gasteiger partial charge in [0.05, 0.1) is 0 Å². The standard InChI is InChI=1S/C15H24N2/c1-3-15(16)10-6-7-11-17-12-13(2)14-8-4-5-9-14/h3-5,8,15,17H,1-2,6-7,9-12,16H2. The monoisotopic (exact) mass is 232 g/mol. The second kappa shape index (κ2) is 8.04. The van der Waals surface area contributed by atoms with Gasteiger partial charge in [0, 0.05) is 12.6 Å². The van der Waals surface area contributed by atoms with Crippen molar-refractivity contribution in [1.29, 1.82) is 0 Å². The Labute approximate surface area is 105 Å². The lowest BCUT2D eigenvalue weighted by atomic mass is 10.1. The molecule has 3 N–H and O–H groups in total. The summed E-state index contributed by atoms with van der Waals surface area (Å²) in [4.78, 5) is 0. The zero-order valence-corrected chi connectivity index (χ0v) is 10.6. The first-order valence-corrected chi connectivity index (χ1v) is 6.36. The summed E-state index contributed by atoms with van der Waals surface area (Å²) in [7, 11) is 0. The lowest BCUT2D eigenvalue weighted by molar-refractivity contribution is 0.596. The molecule has 0 aromatic heterocycles. The first kappa shape index (κ1) is 13.9. The Hall–Kier alpha value is -1.12. The summed E-state index contributed by atoms with van der Waals surface area (Å²) >= 11 is 0. The quantitative estimate of drug-likeness (QED) is 0.474. The summed E-state index contributed by atoms with van der Waals surface area (Å²) in [6.45, 7) is 9.69. The summed E-state index contributed by atoms with van der Waals surface area (Å²) in [6, 6.07) is 0.152. The van der Waals surface area contributed by atoms with Gasteiger partial charge >= 0.3 is 0 Å². The molecule has 1 unspecified atom stereocenters. The van der Waals surface area contributed by atoms with E-state index in [1.807, 2.05) is 6.08 Å². The lowest BCUT2D eigenvalue weighted by Gasteiger charge is -2.09. The van der Waals surface area contributed by atoms with Crippen LogP contribution in [0.4, 0.5) is 0 Å². The number of rotatable bonds is 9. The predicted octanol–water partition coefficient (Wildman–Crippen LogP) is 2.70. The van der Waals surface area contributed by atoms with Crippen LogP contribution in [0.3, 0.4) is 0 Å². The van der Waals surface area contributed by atoms with E-state index < -0.39 is 0 Å². The summed E-state index contributed by atoms with van der Waals surface area (Å²) in [5.41, 5.74) is 8.31. The topological polar surface area (TPSA) is 38.0 Å². The average Bonchev–Trinajstić information content (AvgIpc) is 2.86. The smallest absolute Gasteiger partial charge is 0.0221 e. The predicted molar refractivity (Wildman–Crippen MR) is 75.9 cm³/mol. The van der Waals surface area contributed by atoms with Gasteiger partial charge in [-0.2, -0.15) is 0 Å². The molecule has 2 heteroatoms. The maximum absolute atomic E-state index is 5.75. The van der Waals surface area contributed by atoms with E-state index in [-0.39, 0.29) is 6.04 Å². The lowest BCUT2D eigenvalue weighted by Crippen LogP contribution is -2.20. The van der Waals surface area contributed by atoms with Gasteiger partial charge in [0.2, 0.25) is 0 Å². The van der Waals surface area contributed by atoms with Crippen molar-refractivity contribution in [3.05, 3.63) is 48.6 Å². The maximum atomic E-state index is 5.75. The van der Waals surface area contributed by atoms with Crippen LogP contribution in [0.1, 0.15) is 25.7 Å². The van der Waals surface area contributed by atoms with E-state index in [1.165, 1.54) is 11.1 Å². The van der Waals surface area contributed by atoms with E-state index in [0.717, 1.165) is 38.8 Å². The summed E-state index contributed by atoms with van der Waals surface area (Å²) < 4.78 is 0. The van der Waals surface area contributed by atoms with E-state index in [1.54, 1.807) is 0 Å². The summed E-state index contributed by atoms with van der Waals surface area (Å²) in [5.74, 6) is 0. The van der Waals surface area contributed by atoms with Crippen LogP contribution in [0.25, 0.3) is 0 Å². The van der Waals surface area contributed by atoms with Crippen molar-refractivity contribution in [1.82, 2.24) is 5.32 Å². The summed E-state index contributed by atoms with van der Waals surface area (Å²) in [5, 5.41) is 3.42. The van der Waals surface area contributed by atoms with Crippen molar-refractivity contribution in [3.8, 4) is 0 Å². The van der Waals surface area contributed by atoms with Gasteiger partial charge < -0.3 is 11.1 Å². The van der Waals surface area contributed by atoms with Gasteiger partial charge in [0.25, 0.3) is 0 Å². The van der Waals surface area contributed by atoms with Gasteiger partial charge in [-0.05, 0) is 37.0 Å². The Morgan fingerprint density at radius 2 is 2.35 bits per heavy atom. The van der Waals surface area contributed by atoms with Crippen LogP contribution in [-0.4, -0.2) is 19.1 Å². The molecule has 0 amide bonds. The number of hydrogen-bond acceptors (Lipinski definition) is 2. The average molecular weight is 232 g/mol. The van der Waals surface area contributed by atoms with Crippen LogP contribution in [-0.2, 0) is 0 Å². The highest BCUT2D eigenvalue weighted by molar-refractivity contribution is 5.38. The molecule has 0 spiro atoms. The third-order valence-corrected chi connectivity index (χ3v) is 3.01. The molecule has 1 aliphatic rings. The van der Waals surface area contributed by atoms with Crippen LogP contribution in [0.15, 0.2) is 48.6 Å². The molecule has 0 saturated heterocycles. The molecule has 1 atom stereocenters. The van der Waals surface area contributed by atoms with Crippen molar-refractivity contribution in [3.63, 3.8) is 0 Å². The summed E-state index contributed by atoms with van der Waals surface area (Å²) in [6.07, 6.45) is 12.6. The molecular weight excluding hydrogens is 208 g/mol. The van der Waals surface area contributed by atoms with Crippen molar-refractivity contribution in [2.45, 2.75) is 31.7 Å². The van der Waals surface area contributed by atoms with Crippen molar-refractivity contribution < 1.29 is 0 Å². The van der Waals surface area contributed by atoms with E-state index in [0.29, 0.717) is 0 Å². The van der Waals surface area contributed by atoms with Gasteiger partial charge in [-0.15, -0.1) is 6.58 Å². The highest BCUT2D eigenvalue weighted by atomic mass is 14.8. The molecule has 0 aliphatic heterocycles. The molecule has 0 aromatic rings. The highest BCUT2D eigenvalue weighted by Gasteiger charge is 2.03.